The molecule has 80 valence electrons. The Balaban J connectivity index is 2.34. The maximum absolute atomic E-state index is 11.1. The van der Waals surface area contributed by atoms with Crippen LogP contribution in [0.1, 0.15) is 12.8 Å². The number of hydrogen-bond acceptors (Lipinski definition) is 4. The molecule has 0 aromatic heterocycles. The van der Waals surface area contributed by atoms with Crippen molar-refractivity contribution in [3.8, 4) is 0 Å². The average Bonchev–Trinajstić information content (AvgIpc) is 2.65. The first-order chi connectivity index (χ1) is 6.67. The quantitative estimate of drug-likeness (QED) is 0.357. The third kappa shape index (κ3) is 2.59. The molecule has 0 radical (unpaired) electrons. The summed E-state index contributed by atoms with van der Waals surface area (Å²) in [5.41, 5.74) is 2.08. The summed E-state index contributed by atoms with van der Waals surface area (Å²) in [7, 11) is 1.35. The molecule has 0 bridgehead atoms. The number of amides is 2. The van der Waals surface area contributed by atoms with Crippen LogP contribution in [0.5, 0.6) is 0 Å². The maximum Gasteiger partial charge on any atom is 0.409 e. The smallest absolute Gasteiger partial charge is 0.409 e. The zero-order valence-corrected chi connectivity index (χ0v) is 8.16. The van der Waals surface area contributed by atoms with Crippen molar-refractivity contribution in [2.75, 3.05) is 20.2 Å². The molecule has 1 saturated heterocycles. The molecule has 3 N–H and O–H groups in total. The topological polar surface area (TPSA) is 84.7 Å². The summed E-state index contributed by atoms with van der Waals surface area (Å²) in [6, 6.07) is 0. The van der Waals surface area contributed by atoms with Gasteiger partial charge in [0.2, 0.25) is 5.91 Å². The first kappa shape index (κ1) is 10.8. The second-order valence-electron chi connectivity index (χ2n) is 3.34. The van der Waals surface area contributed by atoms with E-state index in [4.69, 9.17) is 5.84 Å². The van der Waals surface area contributed by atoms with Crippen LogP contribution in [0.25, 0.3) is 0 Å². The Morgan fingerprint density at radius 1 is 1.64 bits per heavy atom. The Labute approximate surface area is 82.3 Å². The van der Waals surface area contributed by atoms with Gasteiger partial charge in [-0.05, 0) is 12.3 Å². The minimum absolute atomic E-state index is 0.192. The van der Waals surface area contributed by atoms with Crippen molar-refractivity contribution in [1.82, 2.24) is 10.3 Å². The second kappa shape index (κ2) is 4.80. The van der Waals surface area contributed by atoms with E-state index in [1.54, 1.807) is 4.90 Å². The van der Waals surface area contributed by atoms with Crippen molar-refractivity contribution in [2.24, 2.45) is 11.8 Å². The number of nitrogens with two attached hydrogens (primary N) is 1. The Kier molecular flexibility index (Phi) is 3.70. The van der Waals surface area contributed by atoms with Crippen molar-refractivity contribution in [2.45, 2.75) is 12.8 Å². The molecule has 1 unspecified atom stereocenters. The van der Waals surface area contributed by atoms with Gasteiger partial charge in [0.1, 0.15) is 0 Å². The van der Waals surface area contributed by atoms with Crippen molar-refractivity contribution in [3.63, 3.8) is 0 Å². The molecule has 1 aliphatic rings. The summed E-state index contributed by atoms with van der Waals surface area (Å²) >= 11 is 0. The highest BCUT2D eigenvalue weighted by Gasteiger charge is 2.27. The van der Waals surface area contributed by atoms with Gasteiger partial charge in [-0.25, -0.2) is 10.6 Å². The summed E-state index contributed by atoms with van der Waals surface area (Å²) in [6.07, 6.45) is 0.854. The second-order valence-corrected chi connectivity index (χ2v) is 3.34. The molecule has 14 heavy (non-hydrogen) atoms. The molecule has 0 aromatic rings. The maximum atomic E-state index is 11.1. The fraction of sp³-hybridized carbons (Fsp3) is 0.750. The van der Waals surface area contributed by atoms with Gasteiger partial charge in [0.25, 0.3) is 0 Å². The van der Waals surface area contributed by atoms with Crippen LogP contribution in [-0.2, 0) is 9.53 Å². The molecular weight excluding hydrogens is 186 g/mol. The molecular formula is C8H15N3O3. The number of methoxy groups -OCH3 is 1. The molecule has 0 aromatic carbocycles. The number of nitrogens with one attached hydrogen (secondary N) is 1. The van der Waals surface area contributed by atoms with E-state index in [0.29, 0.717) is 19.5 Å². The molecule has 1 rings (SSSR count). The lowest BCUT2D eigenvalue weighted by atomic mass is 10.1. The normalized spacial score (nSPS) is 20.7. The summed E-state index contributed by atoms with van der Waals surface area (Å²) in [5, 5.41) is 0. The molecule has 1 heterocycles. The summed E-state index contributed by atoms with van der Waals surface area (Å²) in [4.78, 5) is 23.6. The molecule has 0 aliphatic carbocycles. The molecule has 6 heteroatoms. The first-order valence-corrected chi connectivity index (χ1v) is 4.49. The van der Waals surface area contributed by atoms with Crippen molar-refractivity contribution >= 4 is 12.0 Å². The fourth-order valence-corrected chi connectivity index (χ4v) is 1.62. The van der Waals surface area contributed by atoms with Crippen LogP contribution in [0.3, 0.4) is 0 Å². The fourth-order valence-electron chi connectivity index (χ4n) is 1.62. The number of hydrazine groups is 1. The van der Waals surface area contributed by atoms with Gasteiger partial charge in [0.15, 0.2) is 0 Å². The zero-order valence-electron chi connectivity index (χ0n) is 8.16. The lowest BCUT2D eigenvalue weighted by Gasteiger charge is -2.14. The van der Waals surface area contributed by atoms with E-state index in [9.17, 15) is 9.59 Å². The van der Waals surface area contributed by atoms with E-state index in [0.717, 1.165) is 6.42 Å². The van der Waals surface area contributed by atoms with Crippen LogP contribution >= 0.6 is 0 Å². The van der Waals surface area contributed by atoms with E-state index in [-0.39, 0.29) is 17.9 Å². The predicted molar refractivity (Wildman–Crippen MR) is 49.0 cm³/mol. The number of ether oxygens (including phenoxy) is 1. The highest BCUT2D eigenvalue weighted by Crippen LogP contribution is 2.19. The van der Waals surface area contributed by atoms with Crippen LogP contribution in [0.2, 0.25) is 0 Å². The Hall–Kier alpha value is -1.30. The van der Waals surface area contributed by atoms with Gasteiger partial charge in [0.05, 0.1) is 7.11 Å². The summed E-state index contributed by atoms with van der Waals surface area (Å²) in [6.45, 7) is 1.22. The minimum Gasteiger partial charge on any atom is -0.453 e. The van der Waals surface area contributed by atoms with Gasteiger partial charge in [-0.3, -0.25) is 10.2 Å². The molecule has 6 nitrogen and oxygen atoms in total. The van der Waals surface area contributed by atoms with Crippen molar-refractivity contribution < 1.29 is 14.3 Å². The SMILES string of the molecule is COC(=O)N1CCC(CC(=O)NN)C1. The van der Waals surface area contributed by atoms with E-state index in [1.165, 1.54) is 7.11 Å². The third-order valence-corrected chi connectivity index (χ3v) is 2.35. The number of carbonyl (C=O) groups excluding carboxylic acids is 2. The van der Waals surface area contributed by atoms with Crippen LogP contribution < -0.4 is 11.3 Å². The number of rotatable bonds is 2. The van der Waals surface area contributed by atoms with Crippen molar-refractivity contribution in [3.05, 3.63) is 0 Å². The van der Waals surface area contributed by atoms with E-state index in [1.807, 2.05) is 0 Å². The summed E-state index contributed by atoms with van der Waals surface area (Å²) < 4.78 is 4.58. The standard InChI is InChI=1S/C8H15N3O3/c1-14-8(13)11-3-2-6(5-11)4-7(12)10-9/h6H,2-5,9H2,1H3,(H,10,12). The van der Waals surface area contributed by atoms with E-state index in [2.05, 4.69) is 10.2 Å². The number of carbonyl (C=O) groups is 2. The largest absolute Gasteiger partial charge is 0.453 e. The first-order valence-electron chi connectivity index (χ1n) is 4.49. The minimum atomic E-state index is -0.333. The van der Waals surface area contributed by atoms with Crippen molar-refractivity contribution in [1.29, 1.82) is 0 Å². The third-order valence-electron chi connectivity index (χ3n) is 2.35. The number of likely N-dealkylation sites (tertiary alicyclic amines) is 1. The van der Waals surface area contributed by atoms with Crippen LogP contribution in [0.4, 0.5) is 4.79 Å². The number of hydrogen-bond donors (Lipinski definition) is 2. The van der Waals surface area contributed by atoms with Crippen LogP contribution in [0, 0.1) is 5.92 Å². The van der Waals surface area contributed by atoms with Gasteiger partial charge < -0.3 is 9.64 Å². The summed E-state index contributed by atoms with van der Waals surface area (Å²) in [5.74, 6) is 4.97. The monoisotopic (exact) mass is 201 g/mol. The lowest BCUT2D eigenvalue weighted by Crippen LogP contribution is -2.33. The van der Waals surface area contributed by atoms with Gasteiger partial charge in [-0.15, -0.1) is 0 Å². The van der Waals surface area contributed by atoms with Gasteiger partial charge in [0, 0.05) is 19.5 Å². The van der Waals surface area contributed by atoms with Crippen LogP contribution in [-0.4, -0.2) is 37.1 Å². The number of nitrogens with zero attached hydrogens (tertiary/aromatic N) is 1. The lowest BCUT2D eigenvalue weighted by molar-refractivity contribution is -0.122. The van der Waals surface area contributed by atoms with Gasteiger partial charge in [-0.2, -0.15) is 0 Å². The molecule has 2 amide bonds. The Morgan fingerprint density at radius 3 is 2.93 bits per heavy atom. The van der Waals surface area contributed by atoms with E-state index < -0.39 is 0 Å². The molecule has 1 atom stereocenters. The van der Waals surface area contributed by atoms with Gasteiger partial charge >= 0.3 is 6.09 Å². The molecule has 0 saturated carbocycles. The Bertz CT molecular complexity index is 232. The van der Waals surface area contributed by atoms with Crippen LogP contribution in [0.15, 0.2) is 0 Å². The zero-order chi connectivity index (χ0) is 10.6. The highest BCUT2D eigenvalue weighted by atomic mass is 16.5. The average molecular weight is 201 g/mol. The molecule has 1 fully saturated rings. The van der Waals surface area contributed by atoms with E-state index >= 15 is 0 Å². The van der Waals surface area contributed by atoms with Gasteiger partial charge in [-0.1, -0.05) is 0 Å². The molecule has 0 spiro atoms. The Morgan fingerprint density at radius 2 is 2.36 bits per heavy atom. The predicted octanol–water partition coefficient (Wildman–Crippen LogP) is -0.545. The highest BCUT2D eigenvalue weighted by molar-refractivity contribution is 5.75. The molecule has 1 aliphatic heterocycles.